The van der Waals surface area contributed by atoms with Crippen molar-refractivity contribution in [3.05, 3.63) is 69.8 Å². The fourth-order valence-corrected chi connectivity index (χ4v) is 3.04. The van der Waals surface area contributed by atoms with Crippen molar-refractivity contribution in [2.24, 2.45) is 0 Å². The molecule has 0 aliphatic rings. The fourth-order valence-electron chi connectivity index (χ4n) is 1.86. The summed E-state index contributed by atoms with van der Waals surface area (Å²) < 4.78 is 26.6. The molecule has 9 heteroatoms. The molecule has 0 saturated carbocycles. The highest BCUT2D eigenvalue weighted by Crippen LogP contribution is 2.22. The molecule has 0 heterocycles. The van der Waals surface area contributed by atoms with Crippen LogP contribution in [0.3, 0.4) is 0 Å². The Labute approximate surface area is 131 Å². The number of benzene rings is 2. The summed E-state index contributed by atoms with van der Waals surface area (Å²) in [6.45, 7) is -0.117. The highest BCUT2D eigenvalue weighted by molar-refractivity contribution is 7.89. The van der Waals surface area contributed by atoms with Gasteiger partial charge in [-0.25, -0.2) is 17.9 Å². The van der Waals surface area contributed by atoms with Crippen LogP contribution in [0.25, 0.3) is 0 Å². The predicted molar refractivity (Wildman–Crippen MR) is 80.5 cm³/mol. The maximum absolute atomic E-state index is 12.2. The van der Waals surface area contributed by atoms with Gasteiger partial charge in [0.15, 0.2) is 4.90 Å². The minimum atomic E-state index is -4.07. The molecule has 0 aliphatic heterocycles. The molecule has 0 fully saturated rings. The highest BCUT2D eigenvalue weighted by Gasteiger charge is 2.24. The summed E-state index contributed by atoms with van der Waals surface area (Å²) in [6, 6.07) is 10.6. The normalized spacial score (nSPS) is 11.1. The number of hydrogen-bond donors (Lipinski definition) is 2. The molecule has 0 aromatic heterocycles. The second-order valence-electron chi connectivity index (χ2n) is 4.55. The Morgan fingerprint density at radius 3 is 2.30 bits per heavy atom. The number of nitro groups is 1. The molecule has 2 N–H and O–H groups in total. The van der Waals surface area contributed by atoms with Gasteiger partial charge in [0.25, 0.3) is 5.69 Å². The van der Waals surface area contributed by atoms with Crippen LogP contribution in [0.5, 0.6) is 0 Å². The second-order valence-corrected chi connectivity index (χ2v) is 6.29. The van der Waals surface area contributed by atoms with Crippen LogP contribution in [-0.2, 0) is 16.6 Å². The zero-order valence-corrected chi connectivity index (χ0v) is 12.5. The van der Waals surface area contributed by atoms with Gasteiger partial charge in [-0.15, -0.1) is 0 Å². The van der Waals surface area contributed by atoms with Crippen molar-refractivity contribution in [3.63, 3.8) is 0 Å². The van der Waals surface area contributed by atoms with Crippen LogP contribution in [0.2, 0.25) is 0 Å². The van der Waals surface area contributed by atoms with Gasteiger partial charge in [0.05, 0.1) is 10.5 Å². The Kier molecular flexibility index (Phi) is 4.72. The smallest absolute Gasteiger partial charge is 0.335 e. The molecule has 0 radical (unpaired) electrons. The van der Waals surface area contributed by atoms with E-state index in [0.29, 0.717) is 5.56 Å². The Bertz CT molecular complexity index is 846. The molecular formula is C14H12N2O6S. The third-order valence-corrected chi connectivity index (χ3v) is 4.47. The summed E-state index contributed by atoms with van der Waals surface area (Å²) in [5.74, 6) is -1.09. The summed E-state index contributed by atoms with van der Waals surface area (Å²) in [7, 11) is -4.07. The van der Waals surface area contributed by atoms with Gasteiger partial charge in [-0.1, -0.05) is 24.3 Å². The van der Waals surface area contributed by atoms with E-state index in [1.165, 1.54) is 36.4 Å². The molecule has 2 rings (SSSR count). The first kappa shape index (κ1) is 16.6. The molecule has 0 unspecified atom stereocenters. The molecule has 8 nitrogen and oxygen atoms in total. The minimum absolute atomic E-state index is 0.0790. The largest absolute Gasteiger partial charge is 0.478 e. The number of sulfonamides is 1. The lowest BCUT2D eigenvalue weighted by atomic mass is 10.1. The average molecular weight is 336 g/mol. The van der Waals surface area contributed by atoms with E-state index in [-0.39, 0.29) is 12.1 Å². The predicted octanol–water partition coefficient (Wildman–Crippen LogP) is 1.77. The zero-order valence-electron chi connectivity index (χ0n) is 11.7. The molecule has 0 saturated heterocycles. The van der Waals surface area contributed by atoms with Crippen LogP contribution in [0, 0.1) is 10.1 Å². The Morgan fingerprint density at radius 2 is 1.74 bits per heavy atom. The zero-order chi connectivity index (χ0) is 17.0. The first-order chi connectivity index (χ1) is 10.8. The van der Waals surface area contributed by atoms with Crippen molar-refractivity contribution in [3.8, 4) is 0 Å². The van der Waals surface area contributed by atoms with Crippen molar-refractivity contribution in [1.29, 1.82) is 0 Å². The van der Waals surface area contributed by atoms with Gasteiger partial charge in [-0.2, -0.15) is 0 Å². The summed E-state index contributed by atoms with van der Waals surface area (Å²) in [6.07, 6.45) is 0. The molecule has 0 bridgehead atoms. The SMILES string of the molecule is O=C(O)c1ccc(CNS(=O)(=O)c2ccccc2[N+](=O)[O-])cc1. The number of carboxylic acid groups (broad SMARTS) is 1. The third-order valence-electron chi connectivity index (χ3n) is 3.02. The molecule has 0 spiro atoms. The number of rotatable bonds is 6. The van der Waals surface area contributed by atoms with Gasteiger partial charge in [0.1, 0.15) is 0 Å². The molecule has 23 heavy (non-hydrogen) atoms. The Morgan fingerprint density at radius 1 is 1.13 bits per heavy atom. The van der Waals surface area contributed by atoms with Crippen LogP contribution in [0.4, 0.5) is 5.69 Å². The van der Waals surface area contributed by atoms with Crippen LogP contribution in [0.15, 0.2) is 53.4 Å². The monoisotopic (exact) mass is 336 g/mol. The summed E-state index contributed by atoms with van der Waals surface area (Å²) in [5, 5.41) is 19.7. The molecule has 2 aromatic rings. The van der Waals surface area contributed by atoms with E-state index in [2.05, 4.69) is 4.72 Å². The lowest BCUT2D eigenvalue weighted by Gasteiger charge is -2.07. The van der Waals surface area contributed by atoms with E-state index in [1.54, 1.807) is 0 Å². The van der Waals surface area contributed by atoms with E-state index in [1.807, 2.05) is 0 Å². The third kappa shape index (κ3) is 3.90. The molecule has 120 valence electrons. The van der Waals surface area contributed by atoms with Crippen molar-refractivity contribution in [1.82, 2.24) is 4.72 Å². The number of carbonyl (C=O) groups is 1. The van der Waals surface area contributed by atoms with Gasteiger partial charge < -0.3 is 5.11 Å². The van der Waals surface area contributed by atoms with Gasteiger partial charge in [-0.3, -0.25) is 10.1 Å². The van der Waals surface area contributed by atoms with Crippen molar-refractivity contribution in [2.45, 2.75) is 11.4 Å². The van der Waals surface area contributed by atoms with E-state index in [0.717, 1.165) is 12.1 Å². The lowest BCUT2D eigenvalue weighted by molar-refractivity contribution is -0.387. The number of nitrogens with zero attached hydrogens (tertiary/aromatic N) is 1. The Hall–Kier alpha value is -2.78. The van der Waals surface area contributed by atoms with Crippen LogP contribution in [-0.4, -0.2) is 24.4 Å². The summed E-state index contributed by atoms with van der Waals surface area (Å²) in [4.78, 5) is 20.5. The van der Waals surface area contributed by atoms with E-state index in [4.69, 9.17) is 5.11 Å². The Balaban J connectivity index is 2.19. The molecule has 0 atom stereocenters. The van der Waals surface area contributed by atoms with Crippen molar-refractivity contribution in [2.75, 3.05) is 0 Å². The topological polar surface area (TPSA) is 127 Å². The first-order valence-corrected chi connectivity index (χ1v) is 7.85. The number of nitrogens with one attached hydrogen (secondary N) is 1. The maximum atomic E-state index is 12.2. The average Bonchev–Trinajstić information content (AvgIpc) is 2.53. The maximum Gasteiger partial charge on any atom is 0.335 e. The van der Waals surface area contributed by atoms with Crippen LogP contribution >= 0.6 is 0 Å². The molecule has 0 aliphatic carbocycles. The van der Waals surface area contributed by atoms with Gasteiger partial charge in [-0.05, 0) is 23.8 Å². The van der Waals surface area contributed by atoms with Crippen molar-refractivity contribution >= 4 is 21.7 Å². The van der Waals surface area contributed by atoms with E-state index >= 15 is 0 Å². The number of carboxylic acids is 1. The fraction of sp³-hybridized carbons (Fsp3) is 0.0714. The summed E-state index contributed by atoms with van der Waals surface area (Å²) in [5.41, 5.74) is 0.0914. The number of aromatic carboxylic acids is 1. The number of nitro benzene ring substituents is 1. The van der Waals surface area contributed by atoms with Crippen molar-refractivity contribution < 1.29 is 23.2 Å². The number of para-hydroxylation sites is 1. The minimum Gasteiger partial charge on any atom is -0.478 e. The van der Waals surface area contributed by atoms with Crippen LogP contribution < -0.4 is 4.72 Å². The van der Waals surface area contributed by atoms with Gasteiger partial charge >= 0.3 is 5.97 Å². The highest BCUT2D eigenvalue weighted by atomic mass is 32.2. The molecule has 2 aromatic carbocycles. The molecule has 0 amide bonds. The quantitative estimate of drug-likeness (QED) is 0.611. The second kappa shape index (κ2) is 6.55. The lowest BCUT2D eigenvalue weighted by Crippen LogP contribution is -2.24. The first-order valence-electron chi connectivity index (χ1n) is 6.36. The number of hydrogen-bond acceptors (Lipinski definition) is 5. The standard InChI is InChI=1S/C14H12N2O6S/c17-14(18)11-7-5-10(6-8-11)9-15-23(21,22)13-4-2-1-3-12(13)16(19)20/h1-8,15H,9H2,(H,17,18). The van der Waals surface area contributed by atoms with E-state index < -0.39 is 31.5 Å². The van der Waals surface area contributed by atoms with Crippen LogP contribution in [0.1, 0.15) is 15.9 Å². The van der Waals surface area contributed by atoms with Gasteiger partial charge in [0.2, 0.25) is 10.0 Å². The van der Waals surface area contributed by atoms with Gasteiger partial charge in [0, 0.05) is 12.6 Å². The van der Waals surface area contributed by atoms with E-state index in [9.17, 15) is 23.3 Å². The molecular weight excluding hydrogens is 324 g/mol. The summed E-state index contributed by atoms with van der Waals surface area (Å²) >= 11 is 0.